The number of aromatic amines is 1. The van der Waals surface area contributed by atoms with E-state index in [4.69, 9.17) is 0 Å². The van der Waals surface area contributed by atoms with Gasteiger partial charge in [0.15, 0.2) is 5.82 Å². The molecule has 2 atom stereocenters. The number of anilines is 1. The van der Waals surface area contributed by atoms with E-state index >= 15 is 0 Å². The molecule has 1 saturated heterocycles. The average molecular weight is 359 g/mol. The Balaban J connectivity index is 1.89. The third-order valence-electron chi connectivity index (χ3n) is 4.49. The van der Waals surface area contributed by atoms with Crippen LogP contribution >= 0.6 is 15.9 Å². The number of hydrogen-bond acceptors (Lipinski definition) is 3. The highest BCUT2D eigenvalue weighted by Gasteiger charge is 2.25. The fourth-order valence-electron chi connectivity index (χ4n) is 3.73. The van der Waals surface area contributed by atoms with E-state index in [-0.39, 0.29) is 0 Å². The number of hydrogen-bond donors (Lipinski definition) is 1. The Morgan fingerprint density at radius 1 is 1.18 bits per heavy atom. The lowest BCUT2D eigenvalue weighted by Crippen LogP contribution is -2.39. The van der Waals surface area contributed by atoms with E-state index in [1.165, 1.54) is 6.42 Å². The highest BCUT2D eigenvalue weighted by atomic mass is 79.9. The largest absolute Gasteiger partial charge is 0.354 e. The first-order valence-corrected chi connectivity index (χ1v) is 8.58. The predicted molar refractivity (Wildman–Crippen MR) is 94.3 cm³/mol. The second kappa shape index (κ2) is 5.23. The lowest BCUT2D eigenvalue weighted by atomic mass is 9.92. The Hall–Kier alpha value is -1.62. The minimum absolute atomic E-state index is 0.701. The number of halogens is 1. The molecule has 0 bridgehead atoms. The average Bonchev–Trinajstić information content (AvgIpc) is 2.84. The molecule has 0 aliphatic carbocycles. The van der Waals surface area contributed by atoms with Crippen LogP contribution in [0.2, 0.25) is 0 Å². The number of benzene rings is 1. The molecular formula is C17H19BrN4. The molecule has 1 N–H and O–H groups in total. The highest BCUT2D eigenvalue weighted by Crippen LogP contribution is 2.33. The molecule has 3 aromatic rings. The zero-order chi connectivity index (χ0) is 15.3. The van der Waals surface area contributed by atoms with Crippen LogP contribution in [0.3, 0.4) is 0 Å². The summed E-state index contributed by atoms with van der Waals surface area (Å²) < 4.78 is 1.07. The van der Waals surface area contributed by atoms with Crippen molar-refractivity contribution in [2.75, 3.05) is 18.0 Å². The van der Waals surface area contributed by atoms with Gasteiger partial charge < -0.3 is 9.88 Å². The fourth-order valence-corrected chi connectivity index (χ4v) is 4.09. The summed E-state index contributed by atoms with van der Waals surface area (Å²) in [5, 5.41) is 1.14. The van der Waals surface area contributed by atoms with Crippen molar-refractivity contribution < 1.29 is 0 Å². The van der Waals surface area contributed by atoms with Gasteiger partial charge in [-0.2, -0.15) is 0 Å². The third kappa shape index (κ3) is 2.28. The number of aromatic nitrogens is 3. The maximum Gasteiger partial charge on any atom is 0.156 e. The van der Waals surface area contributed by atoms with E-state index in [0.29, 0.717) is 11.8 Å². The molecule has 0 saturated carbocycles. The lowest BCUT2D eigenvalue weighted by Gasteiger charge is -2.35. The SMILES string of the molecule is C[C@H]1C[C@H](C)CN(c2ncnc3c2[nH]c2ccc(Br)cc23)C1. The van der Waals surface area contributed by atoms with Crippen LogP contribution in [0.4, 0.5) is 5.82 Å². The van der Waals surface area contributed by atoms with Gasteiger partial charge in [0.25, 0.3) is 0 Å². The quantitative estimate of drug-likeness (QED) is 0.702. The first-order valence-electron chi connectivity index (χ1n) is 7.78. The molecule has 0 radical (unpaired) electrons. The number of H-pyrrole nitrogens is 1. The van der Waals surface area contributed by atoms with Crippen LogP contribution in [-0.4, -0.2) is 28.0 Å². The van der Waals surface area contributed by atoms with Gasteiger partial charge in [0.1, 0.15) is 17.4 Å². The Morgan fingerprint density at radius 3 is 2.73 bits per heavy atom. The van der Waals surface area contributed by atoms with Crippen molar-refractivity contribution in [2.45, 2.75) is 20.3 Å². The van der Waals surface area contributed by atoms with Crippen molar-refractivity contribution in [1.82, 2.24) is 15.0 Å². The van der Waals surface area contributed by atoms with Gasteiger partial charge in [-0.1, -0.05) is 29.8 Å². The minimum Gasteiger partial charge on any atom is -0.354 e. The summed E-state index contributed by atoms with van der Waals surface area (Å²) in [6.07, 6.45) is 2.99. The molecule has 1 fully saturated rings. The second-order valence-corrected chi connectivity index (χ2v) is 7.50. The summed E-state index contributed by atoms with van der Waals surface area (Å²) in [4.78, 5) is 15.0. The van der Waals surface area contributed by atoms with E-state index in [0.717, 1.165) is 45.3 Å². The maximum atomic E-state index is 4.59. The molecule has 0 amide bonds. The van der Waals surface area contributed by atoms with Crippen LogP contribution < -0.4 is 4.90 Å². The van der Waals surface area contributed by atoms with Gasteiger partial charge in [0.2, 0.25) is 0 Å². The summed E-state index contributed by atoms with van der Waals surface area (Å²) in [6, 6.07) is 6.26. The van der Waals surface area contributed by atoms with Crippen LogP contribution in [0.15, 0.2) is 29.0 Å². The van der Waals surface area contributed by atoms with Crippen LogP contribution in [0.5, 0.6) is 0 Å². The van der Waals surface area contributed by atoms with E-state index in [1.54, 1.807) is 6.33 Å². The van der Waals surface area contributed by atoms with Gasteiger partial charge in [0, 0.05) is 28.5 Å². The molecule has 4 rings (SSSR count). The van der Waals surface area contributed by atoms with Crippen molar-refractivity contribution >= 4 is 43.7 Å². The van der Waals surface area contributed by atoms with Gasteiger partial charge in [0.05, 0.1) is 0 Å². The van der Waals surface area contributed by atoms with Gasteiger partial charge >= 0.3 is 0 Å². The van der Waals surface area contributed by atoms with Crippen LogP contribution in [0, 0.1) is 11.8 Å². The summed E-state index contributed by atoms with van der Waals surface area (Å²) >= 11 is 3.55. The summed E-state index contributed by atoms with van der Waals surface area (Å²) in [6.45, 7) is 6.78. The van der Waals surface area contributed by atoms with E-state index < -0.39 is 0 Å². The zero-order valence-electron chi connectivity index (χ0n) is 12.8. The fraction of sp³-hybridized carbons (Fsp3) is 0.412. The normalized spacial score (nSPS) is 22.6. The maximum absolute atomic E-state index is 4.59. The topological polar surface area (TPSA) is 44.8 Å². The Kier molecular flexibility index (Phi) is 3.33. The summed E-state index contributed by atoms with van der Waals surface area (Å²) in [5.74, 6) is 2.44. The minimum atomic E-state index is 0.701. The first kappa shape index (κ1) is 14.0. The van der Waals surface area contributed by atoms with Gasteiger partial charge in [-0.15, -0.1) is 0 Å². The molecule has 3 heterocycles. The predicted octanol–water partition coefficient (Wildman–Crippen LogP) is 4.36. The zero-order valence-corrected chi connectivity index (χ0v) is 14.4. The number of rotatable bonds is 1. The van der Waals surface area contributed by atoms with E-state index in [9.17, 15) is 0 Å². The Bertz CT molecular complexity index is 831. The Morgan fingerprint density at radius 2 is 1.95 bits per heavy atom. The molecule has 0 spiro atoms. The van der Waals surface area contributed by atoms with Crippen molar-refractivity contribution in [3.63, 3.8) is 0 Å². The third-order valence-corrected chi connectivity index (χ3v) is 4.99. The molecule has 5 heteroatoms. The molecule has 0 unspecified atom stereocenters. The number of piperidine rings is 1. The molecule has 2 aromatic heterocycles. The van der Waals surface area contributed by atoms with Crippen LogP contribution in [0.1, 0.15) is 20.3 Å². The molecule has 4 nitrogen and oxygen atoms in total. The van der Waals surface area contributed by atoms with Gasteiger partial charge in [-0.25, -0.2) is 9.97 Å². The number of nitrogens with one attached hydrogen (secondary N) is 1. The molecule has 114 valence electrons. The van der Waals surface area contributed by atoms with E-state index in [1.807, 2.05) is 0 Å². The standard InChI is InChI=1S/C17H19BrN4/c1-10-5-11(2)8-22(7-10)17-16-15(19-9-20-17)13-6-12(18)3-4-14(13)21-16/h3-4,6,9-11,21H,5,7-8H2,1-2H3/t10-,11-/m0/s1. The number of nitrogens with zero attached hydrogens (tertiary/aromatic N) is 3. The lowest BCUT2D eigenvalue weighted by molar-refractivity contribution is 0.356. The van der Waals surface area contributed by atoms with Crippen molar-refractivity contribution in [2.24, 2.45) is 11.8 Å². The van der Waals surface area contributed by atoms with Gasteiger partial charge in [-0.3, -0.25) is 0 Å². The van der Waals surface area contributed by atoms with Crippen LogP contribution in [0.25, 0.3) is 21.9 Å². The van der Waals surface area contributed by atoms with Crippen molar-refractivity contribution in [1.29, 1.82) is 0 Å². The Labute approximate surface area is 138 Å². The van der Waals surface area contributed by atoms with E-state index in [2.05, 4.69) is 67.8 Å². The van der Waals surface area contributed by atoms with Gasteiger partial charge in [-0.05, 0) is 36.5 Å². The number of fused-ring (bicyclic) bond motifs is 3. The molecule has 1 aliphatic rings. The van der Waals surface area contributed by atoms with Crippen molar-refractivity contribution in [3.05, 3.63) is 29.0 Å². The molecular weight excluding hydrogens is 340 g/mol. The second-order valence-electron chi connectivity index (χ2n) is 6.59. The van der Waals surface area contributed by atoms with Crippen molar-refractivity contribution in [3.8, 4) is 0 Å². The summed E-state index contributed by atoms with van der Waals surface area (Å²) in [7, 11) is 0. The monoisotopic (exact) mass is 358 g/mol. The molecule has 22 heavy (non-hydrogen) atoms. The first-order chi connectivity index (χ1) is 10.6. The molecule has 1 aliphatic heterocycles. The molecule has 1 aromatic carbocycles. The van der Waals surface area contributed by atoms with Crippen LogP contribution in [-0.2, 0) is 0 Å². The highest BCUT2D eigenvalue weighted by molar-refractivity contribution is 9.10. The summed E-state index contributed by atoms with van der Waals surface area (Å²) in [5.41, 5.74) is 3.17. The smallest absolute Gasteiger partial charge is 0.156 e.